The van der Waals surface area contributed by atoms with Gasteiger partial charge in [-0.25, -0.2) is 0 Å². The van der Waals surface area contributed by atoms with Crippen LogP contribution < -0.4 is 20.7 Å². The van der Waals surface area contributed by atoms with E-state index in [2.05, 4.69) is 262 Å². The first-order chi connectivity index (χ1) is 31.8. The van der Waals surface area contributed by atoms with Gasteiger partial charge in [-0.2, -0.15) is 0 Å². The standard InChI is InChI=1S/C60H41N3Si/c1-5-20-42(21-6-1)61-55-33-18-15-30-51(55)60-57(61)34-19-35-58(60)63-56-39-37-47(64(44-22-7-2-8-23-44,45-24-9-3-10-25-45)46-26-11-4-12-27-46)41-52(56)50-38-36-43(40-59(50)63)62-53-31-16-13-28-48(53)49-29-14-17-32-54(49)62/h1-41H. The lowest BCUT2D eigenvalue weighted by Crippen LogP contribution is -2.74. The van der Waals surface area contributed by atoms with Crippen LogP contribution in [0.15, 0.2) is 249 Å². The molecule has 0 fully saturated rings. The summed E-state index contributed by atoms with van der Waals surface area (Å²) in [7, 11) is -2.82. The Morgan fingerprint density at radius 1 is 0.234 bits per heavy atom. The lowest BCUT2D eigenvalue weighted by Gasteiger charge is -2.34. The molecule has 0 aliphatic carbocycles. The van der Waals surface area contributed by atoms with E-state index in [1.807, 2.05) is 0 Å². The molecule has 13 aromatic rings. The predicted molar refractivity (Wildman–Crippen MR) is 273 cm³/mol. The van der Waals surface area contributed by atoms with Crippen molar-refractivity contribution in [3.63, 3.8) is 0 Å². The third-order valence-electron chi connectivity index (χ3n) is 13.6. The van der Waals surface area contributed by atoms with Gasteiger partial charge in [-0.1, -0.05) is 188 Å². The van der Waals surface area contributed by atoms with Gasteiger partial charge in [-0.3, -0.25) is 0 Å². The summed E-state index contributed by atoms with van der Waals surface area (Å²) in [6.45, 7) is 0. The molecule has 0 unspecified atom stereocenters. The molecule has 0 bridgehead atoms. The first kappa shape index (κ1) is 36.5. The summed E-state index contributed by atoms with van der Waals surface area (Å²) in [4.78, 5) is 0. The largest absolute Gasteiger partial charge is 0.309 e. The highest BCUT2D eigenvalue weighted by atomic mass is 28.3. The smallest absolute Gasteiger partial charge is 0.179 e. The molecule has 300 valence electrons. The van der Waals surface area contributed by atoms with E-state index < -0.39 is 8.07 Å². The molecular weight excluding hydrogens is 791 g/mol. The van der Waals surface area contributed by atoms with E-state index in [0.29, 0.717) is 0 Å². The Morgan fingerprint density at radius 3 is 1.28 bits per heavy atom. The van der Waals surface area contributed by atoms with Crippen LogP contribution in [0, 0.1) is 0 Å². The number of nitrogens with zero attached hydrogens (tertiary/aromatic N) is 3. The van der Waals surface area contributed by atoms with Crippen LogP contribution in [0.25, 0.3) is 82.5 Å². The zero-order valence-corrected chi connectivity index (χ0v) is 36.0. The summed E-state index contributed by atoms with van der Waals surface area (Å²) >= 11 is 0. The Bertz CT molecular complexity index is 3730. The van der Waals surface area contributed by atoms with Crippen LogP contribution in [-0.2, 0) is 0 Å². The Balaban J connectivity index is 1.17. The molecule has 0 amide bonds. The molecule has 3 heterocycles. The van der Waals surface area contributed by atoms with Gasteiger partial charge < -0.3 is 13.7 Å². The molecule has 0 aliphatic rings. The molecule has 0 radical (unpaired) electrons. The molecule has 13 rings (SSSR count). The quantitative estimate of drug-likeness (QED) is 0.112. The van der Waals surface area contributed by atoms with Crippen molar-refractivity contribution in [3.8, 4) is 17.1 Å². The van der Waals surface area contributed by atoms with E-state index in [1.54, 1.807) is 0 Å². The van der Waals surface area contributed by atoms with Crippen molar-refractivity contribution in [3.05, 3.63) is 249 Å². The van der Waals surface area contributed by atoms with Crippen molar-refractivity contribution in [2.45, 2.75) is 0 Å². The summed E-state index contributed by atoms with van der Waals surface area (Å²) in [5, 5.41) is 12.9. The maximum absolute atomic E-state index is 2.82. The maximum Gasteiger partial charge on any atom is 0.179 e. The third kappa shape index (κ3) is 5.27. The highest BCUT2D eigenvalue weighted by Gasteiger charge is 2.41. The van der Waals surface area contributed by atoms with Gasteiger partial charge >= 0.3 is 0 Å². The average Bonchev–Trinajstić information content (AvgIpc) is 4.01. The minimum absolute atomic E-state index is 1.13. The van der Waals surface area contributed by atoms with Crippen LogP contribution in [0.1, 0.15) is 0 Å². The lowest BCUT2D eigenvalue weighted by atomic mass is 10.1. The second-order valence-corrected chi connectivity index (χ2v) is 20.7. The second-order valence-electron chi connectivity index (χ2n) is 16.8. The van der Waals surface area contributed by atoms with Gasteiger partial charge in [0.25, 0.3) is 0 Å². The number of hydrogen-bond donors (Lipinski definition) is 0. The minimum Gasteiger partial charge on any atom is -0.309 e. The van der Waals surface area contributed by atoms with Crippen LogP contribution in [0.4, 0.5) is 0 Å². The Hall–Kier alpha value is -8.18. The number of fused-ring (bicyclic) bond motifs is 9. The molecular formula is C60H41N3Si. The molecule has 3 aromatic heterocycles. The first-order valence-corrected chi connectivity index (χ1v) is 24.1. The third-order valence-corrected chi connectivity index (χ3v) is 18.3. The normalized spacial score (nSPS) is 12.1. The van der Waals surface area contributed by atoms with Crippen LogP contribution in [0.2, 0.25) is 0 Å². The molecule has 0 N–H and O–H groups in total. The van der Waals surface area contributed by atoms with Crippen molar-refractivity contribution in [1.82, 2.24) is 13.7 Å². The number of para-hydroxylation sites is 4. The molecule has 3 nitrogen and oxygen atoms in total. The SMILES string of the molecule is c1ccc(-n2c3ccccc3c3c(-n4c5ccc([Si](c6ccccc6)(c6ccccc6)c6ccccc6)cc5c5ccc(-n6c7ccccc7c7ccccc76)cc54)cccc32)cc1. The van der Waals surface area contributed by atoms with Gasteiger partial charge in [-0.15, -0.1) is 0 Å². The summed E-state index contributed by atoms with van der Waals surface area (Å²) in [5.74, 6) is 0. The van der Waals surface area contributed by atoms with E-state index in [9.17, 15) is 0 Å². The fourth-order valence-electron chi connectivity index (χ4n) is 10.9. The van der Waals surface area contributed by atoms with Crippen molar-refractivity contribution < 1.29 is 0 Å². The molecule has 0 saturated heterocycles. The van der Waals surface area contributed by atoms with Gasteiger partial charge in [0.1, 0.15) is 0 Å². The molecule has 64 heavy (non-hydrogen) atoms. The lowest BCUT2D eigenvalue weighted by molar-refractivity contribution is 1.16. The minimum atomic E-state index is -2.82. The van der Waals surface area contributed by atoms with Crippen LogP contribution in [-0.4, -0.2) is 21.8 Å². The molecule has 0 saturated carbocycles. The average molecular weight is 832 g/mol. The fourth-order valence-corrected chi connectivity index (χ4v) is 15.7. The van der Waals surface area contributed by atoms with Crippen molar-refractivity contribution in [2.24, 2.45) is 0 Å². The topological polar surface area (TPSA) is 14.8 Å². The predicted octanol–water partition coefficient (Wildman–Crippen LogP) is 12.4. The zero-order valence-electron chi connectivity index (χ0n) is 35.0. The molecule has 0 aliphatic heterocycles. The molecule has 0 spiro atoms. The van der Waals surface area contributed by atoms with E-state index in [1.165, 1.54) is 86.2 Å². The molecule has 10 aromatic carbocycles. The van der Waals surface area contributed by atoms with E-state index in [4.69, 9.17) is 0 Å². The van der Waals surface area contributed by atoms with E-state index >= 15 is 0 Å². The van der Waals surface area contributed by atoms with Crippen molar-refractivity contribution in [1.29, 1.82) is 0 Å². The molecule has 0 atom stereocenters. The van der Waals surface area contributed by atoms with Gasteiger partial charge in [-0.05, 0) is 81.4 Å². The highest BCUT2D eigenvalue weighted by Crippen LogP contribution is 2.41. The van der Waals surface area contributed by atoms with Gasteiger partial charge in [0.15, 0.2) is 8.07 Å². The summed E-state index contributed by atoms with van der Waals surface area (Å²) in [5.41, 5.74) is 10.6. The Morgan fingerprint density at radius 2 is 0.688 bits per heavy atom. The van der Waals surface area contributed by atoms with E-state index in [-0.39, 0.29) is 0 Å². The highest BCUT2D eigenvalue weighted by molar-refractivity contribution is 7.20. The Kier molecular flexibility index (Phi) is 8.23. The van der Waals surface area contributed by atoms with Crippen LogP contribution >= 0.6 is 0 Å². The van der Waals surface area contributed by atoms with Crippen LogP contribution in [0.5, 0.6) is 0 Å². The maximum atomic E-state index is 2.55. The van der Waals surface area contributed by atoms with Gasteiger partial charge in [0.2, 0.25) is 0 Å². The number of benzene rings is 10. The second kappa shape index (κ2) is 14.5. The number of rotatable bonds is 7. The summed E-state index contributed by atoms with van der Waals surface area (Å²) < 4.78 is 7.41. The van der Waals surface area contributed by atoms with Crippen LogP contribution in [0.3, 0.4) is 0 Å². The van der Waals surface area contributed by atoms with Crippen molar-refractivity contribution in [2.75, 3.05) is 0 Å². The monoisotopic (exact) mass is 831 g/mol. The Labute approximate surface area is 372 Å². The first-order valence-electron chi connectivity index (χ1n) is 22.1. The zero-order chi connectivity index (χ0) is 42.2. The summed E-state index contributed by atoms with van der Waals surface area (Å²) in [6, 6.07) is 92.3. The van der Waals surface area contributed by atoms with Gasteiger partial charge in [0, 0.05) is 43.7 Å². The fraction of sp³-hybridized carbons (Fsp3) is 0. The number of hydrogen-bond acceptors (Lipinski definition) is 0. The number of aromatic nitrogens is 3. The molecule has 4 heteroatoms. The van der Waals surface area contributed by atoms with E-state index in [0.717, 1.165) is 17.1 Å². The van der Waals surface area contributed by atoms with Gasteiger partial charge in [0.05, 0.1) is 38.8 Å². The van der Waals surface area contributed by atoms with Crippen molar-refractivity contribution >= 4 is 94.2 Å². The summed E-state index contributed by atoms with van der Waals surface area (Å²) in [6.07, 6.45) is 0.